The fourth-order valence-electron chi connectivity index (χ4n) is 2.76. The minimum absolute atomic E-state index is 0.0880. The van der Waals surface area contributed by atoms with Crippen LogP contribution in [-0.2, 0) is 9.53 Å². The molecule has 1 aliphatic rings. The molecule has 1 atom stereocenters. The second-order valence-electron chi connectivity index (χ2n) is 5.77. The van der Waals surface area contributed by atoms with E-state index in [1.807, 2.05) is 12.1 Å². The summed E-state index contributed by atoms with van der Waals surface area (Å²) in [7, 11) is 0. The van der Waals surface area contributed by atoms with Gasteiger partial charge in [0.05, 0.1) is 19.4 Å². The standard InChI is InChI=1S/C18H19BrN4O3/c19-15-1-2-16(24)14(11-15)12-21-22-18(25)17(13-3-5-20-6-4-13)23-7-9-26-10-8-23/h1-6,11-12,17,24H,7-10H2,(H,22,25)/b21-12-/t17-/m1/s1. The first-order valence-electron chi connectivity index (χ1n) is 8.18. The fourth-order valence-corrected chi connectivity index (χ4v) is 3.14. The Morgan fingerprint density at radius 3 is 2.77 bits per heavy atom. The molecule has 26 heavy (non-hydrogen) atoms. The Labute approximate surface area is 159 Å². The van der Waals surface area contributed by atoms with E-state index in [0.717, 1.165) is 10.0 Å². The van der Waals surface area contributed by atoms with E-state index in [-0.39, 0.29) is 11.7 Å². The predicted octanol–water partition coefficient (Wildman–Crippen LogP) is 2.07. The summed E-state index contributed by atoms with van der Waals surface area (Å²) in [5, 5.41) is 13.8. The highest BCUT2D eigenvalue weighted by Gasteiger charge is 2.28. The van der Waals surface area contributed by atoms with E-state index >= 15 is 0 Å². The summed E-state index contributed by atoms with van der Waals surface area (Å²) < 4.78 is 6.19. The van der Waals surface area contributed by atoms with Crippen LogP contribution in [-0.4, -0.2) is 53.4 Å². The molecule has 1 aromatic carbocycles. The van der Waals surface area contributed by atoms with Gasteiger partial charge in [-0.2, -0.15) is 5.10 Å². The second-order valence-corrected chi connectivity index (χ2v) is 6.68. The normalized spacial score (nSPS) is 16.5. The number of pyridine rings is 1. The first-order valence-corrected chi connectivity index (χ1v) is 8.97. The van der Waals surface area contributed by atoms with Gasteiger partial charge in [-0.1, -0.05) is 15.9 Å². The molecular weight excluding hydrogens is 400 g/mol. The predicted molar refractivity (Wildman–Crippen MR) is 101 cm³/mol. The van der Waals surface area contributed by atoms with Gasteiger partial charge in [0.15, 0.2) is 0 Å². The number of carbonyl (C=O) groups is 1. The number of nitrogens with one attached hydrogen (secondary N) is 1. The van der Waals surface area contributed by atoms with Crippen molar-refractivity contribution in [1.82, 2.24) is 15.3 Å². The van der Waals surface area contributed by atoms with E-state index in [1.165, 1.54) is 6.21 Å². The molecule has 1 aromatic heterocycles. The first kappa shape index (κ1) is 18.5. The number of amides is 1. The van der Waals surface area contributed by atoms with Crippen LogP contribution in [0.5, 0.6) is 5.75 Å². The van der Waals surface area contributed by atoms with E-state index in [9.17, 15) is 9.90 Å². The van der Waals surface area contributed by atoms with Crippen molar-refractivity contribution in [2.24, 2.45) is 5.10 Å². The topological polar surface area (TPSA) is 87.0 Å². The van der Waals surface area contributed by atoms with Crippen molar-refractivity contribution in [2.75, 3.05) is 26.3 Å². The molecule has 0 bridgehead atoms. The van der Waals surface area contributed by atoms with Crippen LogP contribution in [0.1, 0.15) is 17.2 Å². The number of carbonyl (C=O) groups excluding carboxylic acids is 1. The molecule has 0 spiro atoms. The minimum Gasteiger partial charge on any atom is -0.507 e. The minimum atomic E-state index is -0.477. The van der Waals surface area contributed by atoms with Crippen LogP contribution in [0, 0.1) is 0 Å². The number of aromatic hydroxyl groups is 1. The van der Waals surface area contributed by atoms with Crippen molar-refractivity contribution in [3.8, 4) is 5.75 Å². The Hall–Kier alpha value is -2.29. The number of halogens is 1. The average Bonchev–Trinajstić information content (AvgIpc) is 2.66. The summed E-state index contributed by atoms with van der Waals surface area (Å²) >= 11 is 3.34. The summed E-state index contributed by atoms with van der Waals surface area (Å²) in [6.45, 7) is 2.50. The molecule has 8 heteroatoms. The third-order valence-corrected chi connectivity index (χ3v) is 4.54. The molecule has 1 aliphatic heterocycles. The number of hydrazone groups is 1. The van der Waals surface area contributed by atoms with E-state index in [1.54, 1.807) is 30.6 Å². The molecule has 7 nitrogen and oxygen atoms in total. The van der Waals surface area contributed by atoms with Crippen molar-refractivity contribution in [3.05, 3.63) is 58.3 Å². The van der Waals surface area contributed by atoms with Gasteiger partial charge in [-0.15, -0.1) is 0 Å². The number of benzene rings is 1. The van der Waals surface area contributed by atoms with Crippen molar-refractivity contribution < 1.29 is 14.6 Å². The molecule has 1 saturated heterocycles. The van der Waals surface area contributed by atoms with Crippen LogP contribution in [0.3, 0.4) is 0 Å². The van der Waals surface area contributed by atoms with Crippen molar-refractivity contribution in [1.29, 1.82) is 0 Å². The van der Waals surface area contributed by atoms with Gasteiger partial charge in [0, 0.05) is 35.5 Å². The second kappa shape index (κ2) is 8.88. The van der Waals surface area contributed by atoms with Gasteiger partial charge in [0.2, 0.25) is 0 Å². The third kappa shape index (κ3) is 4.66. The largest absolute Gasteiger partial charge is 0.507 e. The molecule has 3 rings (SSSR count). The molecule has 136 valence electrons. The molecule has 0 unspecified atom stereocenters. The highest BCUT2D eigenvalue weighted by Crippen LogP contribution is 2.22. The first-order chi connectivity index (χ1) is 12.6. The molecule has 0 aliphatic carbocycles. The number of hydrogen-bond donors (Lipinski definition) is 2. The van der Waals surface area contributed by atoms with E-state index in [2.05, 4.69) is 36.3 Å². The van der Waals surface area contributed by atoms with E-state index < -0.39 is 6.04 Å². The smallest absolute Gasteiger partial charge is 0.262 e. The van der Waals surface area contributed by atoms with Gasteiger partial charge in [-0.25, -0.2) is 5.43 Å². The molecular formula is C18H19BrN4O3. The van der Waals surface area contributed by atoms with Crippen molar-refractivity contribution in [2.45, 2.75) is 6.04 Å². The van der Waals surface area contributed by atoms with Gasteiger partial charge >= 0.3 is 0 Å². The average molecular weight is 419 g/mol. The zero-order valence-electron chi connectivity index (χ0n) is 14.0. The SMILES string of the molecule is O=C(N/N=C\c1cc(Br)ccc1O)[C@@H](c1ccncc1)N1CCOCC1. The van der Waals surface area contributed by atoms with Crippen LogP contribution in [0.25, 0.3) is 0 Å². The summed E-state index contributed by atoms with van der Waals surface area (Å²) in [6, 6.07) is 8.17. The third-order valence-electron chi connectivity index (χ3n) is 4.05. The zero-order valence-corrected chi connectivity index (χ0v) is 15.6. The molecule has 1 amide bonds. The maximum Gasteiger partial charge on any atom is 0.262 e. The van der Waals surface area contributed by atoms with Crippen molar-refractivity contribution >= 4 is 28.1 Å². The molecule has 1 fully saturated rings. The maximum atomic E-state index is 12.8. The Bertz CT molecular complexity index is 779. The van der Waals surface area contributed by atoms with E-state index in [4.69, 9.17) is 4.74 Å². The van der Waals surface area contributed by atoms with Gasteiger partial charge in [-0.05, 0) is 35.9 Å². The Morgan fingerprint density at radius 2 is 2.04 bits per heavy atom. The Kier molecular flexibility index (Phi) is 6.32. The van der Waals surface area contributed by atoms with Crippen LogP contribution in [0.2, 0.25) is 0 Å². The van der Waals surface area contributed by atoms with E-state index in [0.29, 0.717) is 31.9 Å². The molecule has 2 aromatic rings. The molecule has 2 N–H and O–H groups in total. The fraction of sp³-hybridized carbons (Fsp3) is 0.278. The highest BCUT2D eigenvalue weighted by molar-refractivity contribution is 9.10. The number of aromatic nitrogens is 1. The summed E-state index contributed by atoms with van der Waals surface area (Å²) in [4.78, 5) is 18.9. The number of hydrogen-bond acceptors (Lipinski definition) is 6. The van der Waals surface area contributed by atoms with Crippen LogP contribution < -0.4 is 5.43 Å². The summed E-state index contributed by atoms with van der Waals surface area (Å²) in [5.74, 6) is -0.158. The monoisotopic (exact) mass is 418 g/mol. The number of phenols is 1. The maximum absolute atomic E-state index is 12.8. The lowest BCUT2D eigenvalue weighted by molar-refractivity contribution is -0.128. The molecule has 0 saturated carbocycles. The number of nitrogens with zero attached hydrogens (tertiary/aromatic N) is 3. The number of ether oxygens (including phenoxy) is 1. The lowest BCUT2D eigenvalue weighted by Gasteiger charge is -2.33. The Balaban J connectivity index is 1.75. The van der Waals surface area contributed by atoms with Gasteiger partial charge in [0.1, 0.15) is 11.8 Å². The summed E-state index contributed by atoms with van der Waals surface area (Å²) in [6.07, 6.45) is 4.75. The van der Waals surface area contributed by atoms with Gasteiger partial charge in [-0.3, -0.25) is 14.7 Å². The molecule has 0 radical (unpaired) electrons. The van der Waals surface area contributed by atoms with Crippen LogP contribution >= 0.6 is 15.9 Å². The zero-order chi connectivity index (χ0) is 18.4. The van der Waals surface area contributed by atoms with Gasteiger partial charge < -0.3 is 9.84 Å². The number of morpholine rings is 1. The number of rotatable bonds is 5. The lowest BCUT2D eigenvalue weighted by atomic mass is 10.1. The quantitative estimate of drug-likeness (QED) is 0.573. The van der Waals surface area contributed by atoms with Crippen LogP contribution in [0.15, 0.2) is 52.3 Å². The summed E-state index contributed by atoms with van der Waals surface area (Å²) in [5.41, 5.74) is 3.93. The van der Waals surface area contributed by atoms with Gasteiger partial charge in [0.25, 0.3) is 5.91 Å². The van der Waals surface area contributed by atoms with Crippen LogP contribution in [0.4, 0.5) is 0 Å². The highest BCUT2D eigenvalue weighted by atomic mass is 79.9. The molecule has 2 heterocycles. The Morgan fingerprint density at radius 1 is 1.31 bits per heavy atom. The number of phenolic OH excluding ortho intramolecular Hbond substituents is 1. The lowest BCUT2D eigenvalue weighted by Crippen LogP contribution is -2.44. The van der Waals surface area contributed by atoms with Crippen molar-refractivity contribution in [3.63, 3.8) is 0 Å².